The molecule has 1 saturated carbocycles. The standard InChI is InChI=1S/C12H14O3/c1-7(13)11-6-9(12(14)15)4-5-10(11)8-2-3-8/h4-8,13H,2-3H2,1H3,(H,14,15). The van der Waals surface area contributed by atoms with Gasteiger partial charge < -0.3 is 10.2 Å². The van der Waals surface area contributed by atoms with E-state index in [1.807, 2.05) is 6.07 Å². The maximum atomic E-state index is 10.8. The van der Waals surface area contributed by atoms with Gasteiger partial charge in [0.1, 0.15) is 0 Å². The van der Waals surface area contributed by atoms with E-state index >= 15 is 0 Å². The van der Waals surface area contributed by atoms with Crippen molar-refractivity contribution in [3.8, 4) is 0 Å². The van der Waals surface area contributed by atoms with Crippen LogP contribution >= 0.6 is 0 Å². The molecule has 0 spiro atoms. The molecule has 15 heavy (non-hydrogen) atoms. The summed E-state index contributed by atoms with van der Waals surface area (Å²) in [5.74, 6) is -0.420. The number of aliphatic hydroxyl groups is 1. The summed E-state index contributed by atoms with van der Waals surface area (Å²) in [6.07, 6.45) is 1.69. The molecule has 1 atom stereocenters. The molecule has 1 aromatic rings. The third-order valence-corrected chi connectivity index (χ3v) is 2.80. The quantitative estimate of drug-likeness (QED) is 0.797. The smallest absolute Gasteiger partial charge is 0.335 e. The fraction of sp³-hybridized carbons (Fsp3) is 0.417. The van der Waals surface area contributed by atoms with Crippen LogP contribution in [0, 0.1) is 0 Å². The van der Waals surface area contributed by atoms with E-state index in [1.165, 1.54) is 0 Å². The summed E-state index contributed by atoms with van der Waals surface area (Å²) >= 11 is 0. The van der Waals surface area contributed by atoms with E-state index in [2.05, 4.69) is 0 Å². The second kappa shape index (κ2) is 3.66. The summed E-state index contributed by atoms with van der Waals surface area (Å²) < 4.78 is 0. The fourth-order valence-corrected chi connectivity index (χ4v) is 1.84. The monoisotopic (exact) mass is 206 g/mol. The SMILES string of the molecule is CC(O)c1cc(C(=O)O)ccc1C1CC1. The lowest BCUT2D eigenvalue weighted by Gasteiger charge is -2.12. The topological polar surface area (TPSA) is 57.5 Å². The van der Waals surface area contributed by atoms with Gasteiger partial charge in [-0.25, -0.2) is 4.79 Å². The van der Waals surface area contributed by atoms with Crippen LogP contribution in [0.4, 0.5) is 0 Å². The molecule has 3 nitrogen and oxygen atoms in total. The molecule has 0 aliphatic heterocycles. The van der Waals surface area contributed by atoms with Crippen molar-refractivity contribution in [1.29, 1.82) is 0 Å². The molecule has 1 fully saturated rings. The molecule has 1 unspecified atom stereocenters. The number of aromatic carboxylic acids is 1. The zero-order valence-corrected chi connectivity index (χ0v) is 8.60. The molecule has 0 amide bonds. The Balaban J connectivity index is 2.43. The van der Waals surface area contributed by atoms with Gasteiger partial charge in [0.05, 0.1) is 11.7 Å². The Labute approximate surface area is 88.4 Å². The van der Waals surface area contributed by atoms with Gasteiger partial charge in [-0.3, -0.25) is 0 Å². The molecular weight excluding hydrogens is 192 g/mol. The number of aliphatic hydroxyl groups excluding tert-OH is 1. The Hall–Kier alpha value is -1.35. The summed E-state index contributed by atoms with van der Waals surface area (Å²) in [7, 11) is 0. The van der Waals surface area contributed by atoms with Gasteiger partial charge in [-0.05, 0) is 48.9 Å². The van der Waals surface area contributed by atoms with E-state index < -0.39 is 12.1 Å². The van der Waals surface area contributed by atoms with Gasteiger partial charge >= 0.3 is 5.97 Å². The van der Waals surface area contributed by atoms with Crippen LogP contribution in [-0.4, -0.2) is 16.2 Å². The molecule has 2 N–H and O–H groups in total. The molecule has 2 rings (SSSR count). The van der Waals surface area contributed by atoms with Gasteiger partial charge in [0.25, 0.3) is 0 Å². The minimum atomic E-state index is -0.945. The Bertz CT molecular complexity index is 392. The lowest BCUT2D eigenvalue weighted by molar-refractivity contribution is 0.0696. The third-order valence-electron chi connectivity index (χ3n) is 2.80. The number of hydrogen-bond donors (Lipinski definition) is 2. The highest BCUT2D eigenvalue weighted by atomic mass is 16.4. The van der Waals surface area contributed by atoms with Gasteiger partial charge in [0, 0.05) is 0 Å². The normalized spacial score (nSPS) is 17.5. The average molecular weight is 206 g/mol. The van der Waals surface area contributed by atoms with Crippen LogP contribution in [0.1, 0.15) is 53.3 Å². The highest BCUT2D eigenvalue weighted by molar-refractivity contribution is 5.88. The fourth-order valence-electron chi connectivity index (χ4n) is 1.84. The summed E-state index contributed by atoms with van der Waals surface area (Å²) in [6.45, 7) is 1.67. The molecular formula is C12H14O3. The van der Waals surface area contributed by atoms with Crippen LogP contribution in [0.15, 0.2) is 18.2 Å². The van der Waals surface area contributed by atoms with Crippen LogP contribution < -0.4 is 0 Å². The largest absolute Gasteiger partial charge is 0.478 e. The van der Waals surface area contributed by atoms with Crippen molar-refractivity contribution < 1.29 is 15.0 Å². The second-order valence-corrected chi connectivity index (χ2v) is 4.10. The first-order valence-corrected chi connectivity index (χ1v) is 5.15. The molecule has 1 aromatic carbocycles. The molecule has 0 radical (unpaired) electrons. The van der Waals surface area contributed by atoms with Crippen LogP contribution in [0.5, 0.6) is 0 Å². The van der Waals surface area contributed by atoms with Gasteiger partial charge in [0.15, 0.2) is 0 Å². The number of rotatable bonds is 3. The predicted octanol–water partition coefficient (Wildman–Crippen LogP) is 2.32. The van der Waals surface area contributed by atoms with Crippen molar-refractivity contribution in [2.45, 2.75) is 31.8 Å². The van der Waals surface area contributed by atoms with Crippen molar-refractivity contribution in [2.75, 3.05) is 0 Å². The van der Waals surface area contributed by atoms with E-state index in [4.69, 9.17) is 5.11 Å². The number of benzene rings is 1. The molecule has 0 saturated heterocycles. The minimum Gasteiger partial charge on any atom is -0.478 e. The van der Waals surface area contributed by atoms with Gasteiger partial charge in [-0.1, -0.05) is 6.07 Å². The molecule has 80 valence electrons. The summed E-state index contributed by atoms with van der Waals surface area (Å²) in [5.41, 5.74) is 2.11. The van der Waals surface area contributed by atoms with Crippen LogP contribution in [0.2, 0.25) is 0 Å². The van der Waals surface area contributed by atoms with Crippen molar-refractivity contribution in [3.63, 3.8) is 0 Å². The maximum absolute atomic E-state index is 10.8. The minimum absolute atomic E-state index is 0.246. The van der Waals surface area contributed by atoms with Gasteiger partial charge in [-0.15, -0.1) is 0 Å². The van der Waals surface area contributed by atoms with Crippen LogP contribution in [0.3, 0.4) is 0 Å². The lowest BCUT2D eigenvalue weighted by atomic mass is 9.97. The average Bonchev–Trinajstić information content (AvgIpc) is 2.99. The van der Waals surface area contributed by atoms with E-state index in [9.17, 15) is 9.90 Å². The molecule has 0 aromatic heterocycles. The van der Waals surface area contributed by atoms with E-state index in [0.717, 1.165) is 24.0 Å². The van der Waals surface area contributed by atoms with Crippen molar-refractivity contribution >= 4 is 5.97 Å². The molecule has 3 heteroatoms. The Morgan fingerprint density at radius 1 is 1.47 bits per heavy atom. The van der Waals surface area contributed by atoms with E-state index in [0.29, 0.717) is 5.92 Å². The zero-order chi connectivity index (χ0) is 11.0. The molecule has 1 aliphatic carbocycles. The third kappa shape index (κ3) is 2.02. The highest BCUT2D eigenvalue weighted by Crippen LogP contribution is 2.43. The lowest BCUT2D eigenvalue weighted by Crippen LogP contribution is -2.03. The summed E-state index contributed by atoms with van der Waals surface area (Å²) in [5, 5.41) is 18.4. The first kappa shape index (κ1) is 10.2. The first-order valence-electron chi connectivity index (χ1n) is 5.15. The first-order chi connectivity index (χ1) is 7.09. The van der Waals surface area contributed by atoms with Crippen LogP contribution in [-0.2, 0) is 0 Å². The van der Waals surface area contributed by atoms with E-state index in [-0.39, 0.29) is 5.56 Å². The number of carboxylic acids is 1. The summed E-state index contributed by atoms with van der Waals surface area (Å²) in [6, 6.07) is 5.03. The van der Waals surface area contributed by atoms with Crippen LogP contribution in [0.25, 0.3) is 0 Å². The number of carbonyl (C=O) groups is 1. The molecule has 1 aliphatic rings. The Morgan fingerprint density at radius 3 is 2.60 bits per heavy atom. The van der Waals surface area contributed by atoms with Crippen molar-refractivity contribution in [2.24, 2.45) is 0 Å². The number of carboxylic acid groups (broad SMARTS) is 1. The predicted molar refractivity (Wildman–Crippen MR) is 56.0 cm³/mol. The van der Waals surface area contributed by atoms with Crippen molar-refractivity contribution in [1.82, 2.24) is 0 Å². The van der Waals surface area contributed by atoms with Gasteiger partial charge in [-0.2, -0.15) is 0 Å². The summed E-state index contributed by atoms with van der Waals surface area (Å²) in [4.78, 5) is 10.8. The number of hydrogen-bond acceptors (Lipinski definition) is 2. The Kier molecular flexibility index (Phi) is 2.49. The van der Waals surface area contributed by atoms with Gasteiger partial charge in [0.2, 0.25) is 0 Å². The Morgan fingerprint density at radius 2 is 2.13 bits per heavy atom. The highest BCUT2D eigenvalue weighted by Gasteiger charge is 2.27. The maximum Gasteiger partial charge on any atom is 0.335 e. The molecule has 0 bridgehead atoms. The molecule has 0 heterocycles. The van der Waals surface area contributed by atoms with Crippen molar-refractivity contribution in [3.05, 3.63) is 34.9 Å². The van der Waals surface area contributed by atoms with E-state index in [1.54, 1.807) is 19.1 Å². The zero-order valence-electron chi connectivity index (χ0n) is 8.60. The second-order valence-electron chi connectivity index (χ2n) is 4.10.